The van der Waals surface area contributed by atoms with E-state index < -0.39 is 0 Å². The van der Waals surface area contributed by atoms with Gasteiger partial charge in [0.25, 0.3) is 11.5 Å². The largest absolute Gasteiger partial charge is 0.347 e. The van der Waals surface area contributed by atoms with Gasteiger partial charge >= 0.3 is 0 Å². The summed E-state index contributed by atoms with van der Waals surface area (Å²) in [4.78, 5) is 29.8. The van der Waals surface area contributed by atoms with E-state index in [2.05, 4.69) is 39.5 Å². The lowest BCUT2D eigenvalue weighted by Gasteiger charge is -2.26. The Morgan fingerprint density at radius 1 is 0.964 bits per heavy atom. The van der Waals surface area contributed by atoms with Crippen LogP contribution in [0.3, 0.4) is 0 Å². The van der Waals surface area contributed by atoms with Gasteiger partial charge in [0.15, 0.2) is 0 Å². The minimum atomic E-state index is -0.278. The summed E-state index contributed by atoms with van der Waals surface area (Å²) < 4.78 is 0. The number of amides is 1. The van der Waals surface area contributed by atoms with Gasteiger partial charge in [-0.15, -0.1) is 0 Å². The molecule has 3 aromatic rings. The molecule has 2 heterocycles. The maximum absolute atomic E-state index is 12.5. The highest BCUT2D eigenvalue weighted by Crippen LogP contribution is 2.14. The predicted octanol–water partition coefficient (Wildman–Crippen LogP) is 3.44. The lowest BCUT2D eigenvalue weighted by Crippen LogP contribution is -2.29. The number of aromatic nitrogens is 1. The number of nitrogens with one attached hydrogen (secondary N) is 2. The average Bonchev–Trinajstić information content (AvgIpc) is 2.74. The molecule has 2 aromatic carbocycles. The van der Waals surface area contributed by atoms with Gasteiger partial charge in [-0.05, 0) is 54.6 Å². The van der Waals surface area contributed by atoms with E-state index >= 15 is 0 Å². The van der Waals surface area contributed by atoms with Gasteiger partial charge in [-0.3, -0.25) is 14.5 Å². The third-order valence-corrected chi connectivity index (χ3v) is 5.33. The molecule has 0 bridgehead atoms. The standard InChI is InChI=1S/C23H25N3O2/c27-22-20-7-3-2-6-19(20)14-21(25-22)23(28)24-15-17-8-10-18(11-9-17)16-26-12-4-1-5-13-26/h2-3,6-11,14H,1,4-5,12-13,15-16H2,(H,24,28)(H,25,27). The van der Waals surface area contributed by atoms with Crippen molar-refractivity contribution in [1.82, 2.24) is 15.2 Å². The summed E-state index contributed by atoms with van der Waals surface area (Å²) in [5.74, 6) is -0.278. The molecule has 1 aromatic heterocycles. The number of H-pyrrole nitrogens is 1. The van der Waals surface area contributed by atoms with E-state index in [1.165, 1.54) is 37.9 Å². The molecule has 0 saturated carbocycles. The second-order valence-corrected chi connectivity index (χ2v) is 7.44. The van der Waals surface area contributed by atoms with Crippen LogP contribution >= 0.6 is 0 Å². The summed E-state index contributed by atoms with van der Waals surface area (Å²) in [5, 5.41) is 4.24. The maximum atomic E-state index is 12.5. The summed E-state index contributed by atoms with van der Waals surface area (Å²) in [6.45, 7) is 3.78. The zero-order valence-corrected chi connectivity index (χ0v) is 15.9. The zero-order chi connectivity index (χ0) is 19.3. The number of rotatable bonds is 5. The highest BCUT2D eigenvalue weighted by Gasteiger charge is 2.11. The maximum Gasteiger partial charge on any atom is 0.268 e. The number of fused-ring (bicyclic) bond motifs is 1. The molecule has 0 aliphatic carbocycles. The second-order valence-electron chi connectivity index (χ2n) is 7.44. The molecule has 0 unspecified atom stereocenters. The number of benzene rings is 2. The summed E-state index contributed by atoms with van der Waals surface area (Å²) >= 11 is 0. The molecule has 1 amide bonds. The molecule has 0 atom stereocenters. The summed E-state index contributed by atoms with van der Waals surface area (Å²) in [7, 11) is 0. The van der Waals surface area contributed by atoms with E-state index in [1.807, 2.05) is 18.2 Å². The topological polar surface area (TPSA) is 65.2 Å². The number of likely N-dealkylation sites (tertiary alicyclic amines) is 1. The molecule has 1 aliphatic rings. The Labute approximate surface area is 164 Å². The minimum absolute atomic E-state index is 0.245. The first-order chi connectivity index (χ1) is 13.7. The monoisotopic (exact) mass is 375 g/mol. The first kappa shape index (κ1) is 18.4. The van der Waals surface area contributed by atoms with Crippen molar-refractivity contribution in [3.63, 3.8) is 0 Å². The fourth-order valence-corrected chi connectivity index (χ4v) is 3.75. The molecule has 2 N–H and O–H groups in total. The van der Waals surface area contributed by atoms with Crippen molar-refractivity contribution in [2.45, 2.75) is 32.4 Å². The van der Waals surface area contributed by atoms with Gasteiger partial charge < -0.3 is 10.3 Å². The molecule has 28 heavy (non-hydrogen) atoms. The van der Waals surface area contributed by atoms with Crippen LogP contribution in [0.1, 0.15) is 40.9 Å². The molecular weight excluding hydrogens is 350 g/mol. The van der Waals surface area contributed by atoms with Crippen LogP contribution in [0, 0.1) is 0 Å². The molecule has 1 aliphatic heterocycles. The zero-order valence-electron chi connectivity index (χ0n) is 15.9. The van der Waals surface area contributed by atoms with Crippen LogP contribution in [-0.2, 0) is 13.1 Å². The lowest BCUT2D eigenvalue weighted by molar-refractivity contribution is 0.0946. The molecule has 0 radical (unpaired) electrons. The number of hydrogen-bond donors (Lipinski definition) is 2. The van der Waals surface area contributed by atoms with Gasteiger partial charge in [-0.25, -0.2) is 0 Å². The van der Waals surface area contributed by atoms with Crippen LogP contribution < -0.4 is 10.9 Å². The van der Waals surface area contributed by atoms with Crippen molar-refractivity contribution >= 4 is 16.7 Å². The van der Waals surface area contributed by atoms with Crippen LogP contribution in [0.2, 0.25) is 0 Å². The number of aromatic amines is 1. The molecule has 0 spiro atoms. The van der Waals surface area contributed by atoms with Crippen LogP contribution in [0.15, 0.2) is 59.4 Å². The van der Waals surface area contributed by atoms with E-state index in [-0.39, 0.29) is 17.2 Å². The fraction of sp³-hybridized carbons (Fsp3) is 0.304. The summed E-state index contributed by atoms with van der Waals surface area (Å²) in [6.07, 6.45) is 3.93. The van der Waals surface area contributed by atoms with Gasteiger partial charge in [0.1, 0.15) is 5.69 Å². The van der Waals surface area contributed by atoms with Crippen LogP contribution in [0.4, 0.5) is 0 Å². The minimum Gasteiger partial charge on any atom is -0.347 e. The third-order valence-electron chi connectivity index (χ3n) is 5.33. The van der Waals surface area contributed by atoms with Crippen molar-refractivity contribution < 1.29 is 4.79 Å². The normalized spacial score (nSPS) is 14.9. The Morgan fingerprint density at radius 2 is 1.68 bits per heavy atom. The Kier molecular flexibility index (Phi) is 5.53. The van der Waals surface area contributed by atoms with E-state index in [4.69, 9.17) is 0 Å². The Morgan fingerprint density at radius 3 is 2.46 bits per heavy atom. The molecule has 1 saturated heterocycles. The van der Waals surface area contributed by atoms with E-state index in [9.17, 15) is 9.59 Å². The van der Waals surface area contributed by atoms with Crippen LogP contribution in [0.25, 0.3) is 10.8 Å². The van der Waals surface area contributed by atoms with E-state index in [0.717, 1.165) is 17.5 Å². The second kappa shape index (κ2) is 8.40. The van der Waals surface area contributed by atoms with Crippen LogP contribution in [0.5, 0.6) is 0 Å². The van der Waals surface area contributed by atoms with Crippen molar-refractivity contribution in [2.24, 2.45) is 0 Å². The number of carbonyl (C=O) groups is 1. The smallest absolute Gasteiger partial charge is 0.268 e. The SMILES string of the molecule is O=C(NCc1ccc(CN2CCCCC2)cc1)c1cc2ccccc2c(=O)[nH]1. The van der Waals surface area contributed by atoms with Gasteiger partial charge in [0, 0.05) is 18.5 Å². The van der Waals surface area contributed by atoms with Crippen molar-refractivity contribution in [2.75, 3.05) is 13.1 Å². The molecule has 144 valence electrons. The average molecular weight is 375 g/mol. The number of piperidine rings is 1. The van der Waals surface area contributed by atoms with Crippen molar-refractivity contribution in [3.05, 3.63) is 81.8 Å². The van der Waals surface area contributed by atoms with E-state index in [1.54, 1.807) is 12.1 Å². The highest BCUT2D eigenvalue weighted by molar-refractivity contribution is 5.96. The molecular formula is C23H25N3O2. The van der Waals surface area contributed by atoms with Gasteiger partial charge in [-0.2, -0.15) is 0 Å². The number of carbonyl (C=O) groups excluding carboxylic acids is 1. The molecule has 1 fully saturated rings. The number of nitrogens with zero attached hydrogens (tertiary/aromatic N) is 1. The number of pyridine rings is 1. The Bertz CT molecular complexity index is 1020. The quantitative estimate of drug-likeness (QED) is 0.718. The molecule has 5 heteroatoms. The van der Waals surface area contributed by atoms with Gasteiger partial charge in [0.05, 0.1) is 0 Å². The predicted molar refractivity (Wildman–Crippen MR) is 111 cm³/mol. The van der Waals surface area contributed by atoms with Crippen LogP contribution in [-0.4, -0.2) is 28.9 Å². The van der Waals surface area contributed by atoms with Gasteiger partial charge in [-0.1, -0.05) is 48.9 Å². The first-order valence-corrected chi connectivity index (χ1v) is 9.89. The fourth-order valence-electron chi connectivity index (χ4n) is 3.75. The molecule has 5 nitrogen and oxygen atoms in total. The summed E-state index contributed by atoms with van der Waals surface area (Å²) in [5.41, 5.74) is 2.38. The Hall–Kier alpha value is -2.92. The summed E-state index contributed by atoms with van der Waals surface area (Å²) in [6, 6.07) is 17.4. The first-order valence-electron chi connectivity index (χ1n) is 9.89. The van der Waals surface area contributed by atoms with Gasteiger partial charge in [0.2, 0.25) is 0 Å². The van der Waals surface area contributed by atoms with Crippen molar-refractivity contribution in [3.8, 4) is 0 Å². The molecule has 4 rings (SSSR count). The van der Waals surface area contributed by atoms with E-state index in [0.29, 0.717) is 11.9 Å². The lowest BCUT2D eigenvalue weighted by atomic mass is 10.1. The highest BCUT2D eigenvalue weighted by atomic mass is 16.2. The van der Waals surface area contributed by atoms with Crippen molar-refractivity contribution in [1.29, 1.82) is 0 Å². The third kappa shape index (κ3) is 4.31. The Balaban J connectivity index is 1.37. The number of hydrogen-bond acceptors (Lipinski definition) is 3.